The van der Waals surface area contributed by atoms with Gasteiger partial charge in [0.25, 0.3) is 0 Å². The smallest absolute Gasteiger partial charge is 0.242 e. The molecule has 8 heteroatoms. The summed E-state index contributed by atoms with van der Waals surface area (Å²) >= 11 is 3.35. The summed E-state index contributed by atoms with van der Waals surface area (Å²) in [5, 5.41) is 0. The number of nitrogens with one attached hydrogen (secondary N) is 1. The number of hydrogen-bond donors (Lipinski definition) is 1. The fourth-order valence-electron chi connectivity index (χ4n) is 2.97. The van der Waals surface area contributed by atoms with E-state index in [9.17, 15) is 17.6 Å². The van der Waals surface area contributed by atoms with Crippen molar-refractivity contribution in [2.45, 2.75) is 31.2 Å². The van der Waals surface area contributed by atoms with Crippen LogP contribution >= 0.6 is 15.9 Å². The summed E-state index contributed by atoms with van der Waals surface area (Å²) in [4.78, 5) is 13.8. The standard InChI is InChI=1S/C18H18BrFN2O3S/c1-2-17(23)22-8-7-13-9-14(19)10-16(18(13)22)26(24,25)21-11-12-3-5-15(20)6-4-12/h3-6,9-10,21H,2,7-8,11H2,1H3. The summed E-state index contributed by atoms with van der Waals surface area (Å²) in [7, 11) is -3.86. The molecule has 0 aliphatic carbocycles. The first-order valence-electron chi connectivity index (χ1n) is 8.18. The molecule has 26 heavy (non-hydrogen) atoms. The van der Waals surface area contributed by atoms with Gasteiger partial charge in [-0.1, -0.05) is 35.0 Å². The first kappa shape index (κ1) is 19.0. The van der Waals surface area contributed by atoms with E-state index < -0.39 is 10.0 Å². The van der Waals surface area contributed by atoms with Gasteiger partial charge in [0.15, 0.2) is 0 Å². The van der Waals surface area contributed by atoms with Gasteiger partial charge in [0.1, 0.15) is 10.7 Å². The topological polar surface area (TPSA) is 66.5 Å². The van der Waals surface area contributed by atoms with Crippen molar-refractivity contribution in [1.29, 1.82) is 0 Å². The normalized spacial score (nSPS) is 13.7. The van der Waals surface area contributed by atoms with Gasteiger partial charge >= 0.3 is 0 Å². The lowest BCUT2D eigenvalue weighted by Crippen LogP contribution is -2.31. The van der Waals surface area contributed by atoms with Crippen LogP contribution in [0.5, 0.6) is 0 Å². The summed E-state index contributed by atoms with van der Waals surface area (Å²) in [5.74, 6) is -0.490. The van der Waals surface area contributed by atoms with E-state index in [2.05, 4.69) is 20.7 Å². The molecule has 2 aromatic carbocycles. The van der Waals surface area contributed by atoms with Gasteiger partial charge < -0.3 is 4.90 Å². The molecule has 0 unspecified atom stereocenters. The quantitative estimate of drug-likeness (QED) is 0.774. The fourth-order valence-corrected chi connectivity index (χ4v) is 4.92. The number of carbonyl (C=O) groups is 1. The Kier molecular flexibility index (Phi) is 5.45. The fraction of sp³-hybridized carbons (Fsp3) is 0.278. The van der Waals surface area contributed by atoms with E-state index in [4.69, 9.17) is 0 Å². The van der Waals surface area contributed by atoms with Crippen LogP contribution in [0.4, 0.5) is 10.1 Å². The van der Waals surface area contributed by atoms with E-state index >= 15 is 0 Å². The highest BCUT2D eigenvalue weighted by molar-refractivity contribution is 9.10. The summed E-state index contributed by atoms with van der Waals surface area (Å²) in [6.45, 7) is 2.25. The number of nitrogens with zero attached hydrogens (tertiary/aromatic N) is 1. The predicted octanol–water partition coefficient (Wildman–Crippen LogP) is 3.37. The molecular weight excluding hydrogens is 423 g/mol. The van der Waals surface area contributed by atoms with Gasteiger partial charge in [0.2, 0.25) is 15.9 Å². The SMILES string of the molecule is CCC(=O)N1CCc2cc(Br)cc(S(=O)(=O)NCc3ccc(F)cc3)c21. The van der Waals surface area contributed by atoms with E-state index in [-0.39, 0.29) is 23.2 Å². The molecule has 0 atom stereocenters. The van der Waals surface area contributed by atoms with Gasteiger partial charge in [0, 0.05) is 24.0 Å². The average molecular weight is 441 g/mol. The number of hydrogen-bond acceptors (Lipinski definition) is 3. The second-order valence-electron chi connectivity index (χ2n) is 6.01. The van der Waals surface area contributed by atoms with Crippen LogP contribution in [0.25, 0.3) is 0 Å². The Morgan fingerprint density at radius 1 is 1.27 bits per heavy atom. The minimum atomic E-state index is -3.86. The first-order valence-corrected chi connectivity index (χ1v) is 10.5. The molecule has 5 nitrogen and oxygen atoms in total. The Morgan fingerprint density at radius 2 is 1.96 bits per heavy atom. The number of carbonyl (C=O) groups excluding carboxylic acids is 1. The van der Waals surface area contributed by atoms with Crippen molar-refractivity contribution < 1.29 is 17.6 Å². The van der Waals surface area contributed by atoms with Crippen molar-refractivity contribution in [3.8, 4) is 0 Å². The van der Waals surface area contributed by atoms with E-state index in [1.807, 2.05) is 6.07 Å². The molecule has 0 saturated carbocycles. The van der Waals surface area contributed by atoms with Gasteiger partial charge in [-0.3, -0.25) is 4.79 Å². The van der Waals surface area contributed by atoms with Gasteiger partial charge in [0.05, 0.1) is 5.69 Å². The molecule has 1 aliphatic heterocycles. The molecule has 1 aliphatic rings. The van der Waals surface area contributed by atoms with Crippen molar-refractivity contribution in [2.75, 3.05) is 11.4 Å². The highest BCUT2D eigenvalue weighted by Gasteiger charge is 2.31. The molecular formula is C18H18BrFN2O3S. The van der Waals surface area contributed by atoms with Crippen molar-refractivity contribution in [3.05, 3.63) is 57.8 Å². The molecule has 0 spiro atoms. The zero-order valence-electron chi connectivity index (χ0n) is 14.1. The predicted molar refractivity (Wildman–Crippen MR) is 101 cm³/mol. The van der Waals surface area contributed by atoms with Gasteiger partial charge in [-0.2, -0.15) is 0 Å². The molecule has 1 N–H and O–H groups in total. The maximum Gasteiger partial charge on any atom is 0.242 e. The highest BCUT2D eigenvalue weighted by Crippen LogP contribution is 2.37. The zero-order chi connectivity index (χ0) is 18.9. The van der Waals surface area contributed by atoms with E-state index in [0.717, 1.165) is 5.56 Å². The maximum atomic E-state index is 13.0. The van der Waals surface area contributed by atoms with E-state index in [1.54, 1.807) is 6.92 Å². The lowest BCUT2D eigenvalue weighted by molar-refractivity contribution is -0.118. The van der Waals surface area contributed by atoms with Crippen molar-refractivity contribution in [2.24, 2.45) is 0 Å². The number of rotatable bonds is 5. The molecule has 138 valence electrons. The van der Waals surface area contributed by atoms with Gasteiger partial charge in [-0.25, -0.2) is 17.5 Å². The maximum absolute atomic E-state index is 13.0. The van der Waals surface area contributed by atoms with Crippen LogP contribution in [0.15, 0.2) is 45.8 Å². The zero-order valence-corrected chi connectivity index (χ0v) is 16.5. The Bertz CT molecular complexity index is 946. The van der Waals surface area contributed by atoms with Crippen molar-refractivity contribution >= 4 is 37.5 Å². The third-order valence-electron chi connectivity index (χ3n) is 4.27. The molecule has 0 bridgehead atoms. The molecule has 1 heterocycles. The Balaban J connectivity index is 1.94. The Morgan fingerprint density at radius 3 is 2.62 bits per heavy atom. The van der Waals surface area contributed by atoms with Crippen molar-refractivity contribution in [1.82, 2.24) is 4.72 Å². The van der Waals surface area contributed by atoms with Crippen LogP contribution in [0, 0.1) is 5.82 Å². The van der Waals surface area contributed by atoms with Crippen LogP contribution < -0.4 is 9.62 Å². The summed E-state index contributed by atoms with van der Waals surface area (Å²) in [5.41, 5.74) is 1.91. The third kappa shape index (κ3) is 3.82. The number of benzene rings is 2. The molecule has 3 rings (SSSR count). The second-order valence-corrected chi connectivity index (χ2v) is 8.66. The molecule has 0 saturated heterocycles. The molecule has 0 aromatic heterocycles. The van der Waals surface area contributed by atoms with E-state index in [1.165, 1.54) is 35.2 Å². The van der Waals surface area contributed by atoms with E-state index in [0.29, 0.717) is 35.1 Å². The summed E-state index contributed by atoms with van der Waals surface area (Å²) < 4.78 is 42.0. The van der Waals surface area contributed by atoms with Crippen LogP contribution in [-0.4, -0.2) is 20.9 Å². The lowest BCUT2D eigenvalue weighted by atomic mass is 10.2. The van der Waals surface area contributed by atoms with Gasteiger partial charge in [-0.05, 0) is 41.8 Å². The average Bonchev–Trinajstić information content (AvgIpc) is 3.03. The van der Waals surface area contributed by atoms with Crippen LogP contribution in [0.2, 0.25) is 0 Å². The number of anilines is 1. The van der Waals surface area contributed by atoms with Gasteiger partial charge in [-0.15, -0.1) is 0 Å². The summed E-state index contributed by atoms with van der Waals surface area (Å²) in [6.07, 6.45) is 0.916. The molecule has 2 aromatic rings. The largest absolute Gasteiger partial charge is 0.310 e. The number of fused-ring (bicyclic) bond motifs is 1. The third-order valence-corrected chi connectivity index (χ3v) is 6.14. The first-order chi connectivity index (χ1) is 12.3. The minimum absolute atomic E-state index is 0.0334. The lowest BCUT2D eigenvalue weighted by Gasteiger charge is -2.20. The highest BCUT2D eigenvalue weighted by atomic mass is 79.9. The molecule has 1 amide bonds. The number of sulfonamides is 1. The monoisotopic (exact) mass is 440 g/mol. The van der Waals surface area contributed by atoms with Crippen molar-refractivity contribution in [3.63, 3.8) is 0 Å². The number of halogens is 2. The second kappa shape index (κ2) is 7.46. The minimum Gasteiger partial charge on any atom is -0.310 e. The Hall–Kier alpha value is -1.77. The van der Waals surface area contributed by atoms with Crippen LogP contribution in [-0.2, 0) is 27.8 Å². The Labute approximate surface area is 160 Å². The molecule has 0 radical (unpaired) electrons. The molecule has 0 fully saturated rings. The van der Waals surface area contributed by atoms with Crippen LogP contribution in [0.3, 0.4) is 0 Å². The van der Waals surface area contributed by atoms with Crippen LogP contribution in [0.1, 0.15) is 24.5 Å². The summed E-state index contributed by atoms with van der Waals surface area (Å²) in [6, 6.07) is 8.96. The number of amides is 1.